The van der Waals surface area contributed by atoms with Crippen LogP contribution in [-0.4, -0.2) is 43.0 Å². The maximum Gasteiger partial charge on any atom is 0.211 e. The number of terminal acetylenes is 1. The van der Waals surface area contributed by atoms with Gasteiger partial charge in [0.05, 0.1) is 17.6 Å². The van der Waals surface area contributed by atoms with Gasteiger partial charge in [0.25, 0.3) is 0 Å². The fourth-order valence-electron chi connectivity index (χ4n) is 2.28. The Morgan fingerprint density at radius 2 is 1.93 bits per heavy atom. The monoisotopic (exact) mass is 421 g/mol. The van der Waals surface area contributed by atoms with E-state index in [4.69, 9.17) is 0 Å². The molecule has 1 rings (SSSR count). The van der Waals surface area contributed by atoms with E-state index in [1.54, 1.807) is 12.1 Å². The second-order valence-corrected chi connectivity index (χ2v) is 8.67. The topological polar surface area (TPSA) is 73.7 Å². The number of thioether (sulfide) groups is 1. The van der Waals surface area contributed by atoms with E-state index in [0.717, 1.165) is 12.1 Å². The summed E-state index contributed by atoms with van der Waals surface area (Å²) >= 11 is 1.95. The minimum Gasteiger partial charge on any atom is -0.506 e. The average molecular weight is 422 g/mol. The average Bonchev–Trinajstić information content (AvgIpc) is 2.70. The van der Waals surface area contributed by atoms with Crippen molar-refractivity contribution in [3.05, 3.63) is 23.8 Å². The lowest BCUT2D eigenvalue weighted by Crippen LogP contribution is -2.24. The van der Waals surface area contributed by atoms with Gasteiger partial charge in [0.1, 0.15) is 5.75 Å². The molecule has 0 radical (unpaired) electrons. The predicted molar refractivity (Wildman–Crippen MR) is 130 cm³/mol. The summed E-state index contributed by atoms with van der Waals surface area (Å²) in [5.41, 5.74) is 1.53. The fraction of sp³-hybridized carbons (Fsp3) is 0.565. The highest BCUT2D eigenvalue weighted by Crippen LogP contribution is 2.30. The van der Waals surface area contributed by atoms with Crippen molar-refractivity contribution in [3.63, 3.8) is 0 Å². The molecule has 0 aliphatic heterocycles. The molecule has 1 unspecified atom stereocenters. The molecular weight excluding hydrogens is 382 g/mol. The number of hydrogen-bond acceptors (Lipinski definition) is 5. The lowest BCUT2D eigenvalue weighted by atomic mass is 9.87. The summed E-state index contributed by atoms with van der Waals surface area (Å²) in [5, 5.41) is 15.5. The van der Waals surface area contributed by atoms with Crippen LogP contribution in [0.3, 0.4) is 0 Å². The van der Waals surface area contributed by atoms with Gasteiger partial charge in [-0.3, -0.25) is 9.79 Å². The molecule has 1 aromatic rings. The Morgan fingerprint density at radius 3 is 2.41 bits per heavy atom. The van der Waals surface area contributed by atoms with Crippen molar-refractivity contribution in [2.75, 3.05) is 24.7 Å². The van der Waals surface area contributed by atoms with Gasteiger partial charge >= 0.3 is 0 Å². The van der Waals surface area contributed by atoms with Crippen molar-refractivity contribution in [1.29, 1.82) is 0 Å². The zero-order valence-corrected chi connectivity index (χ0v) is 19.5. The van der Waals surface area contributed by atoms with Crippen molar-refractivity contribution in [1.82, 2.24) is 5.32 Å². The second-order valence-electron chi connectivity index (χ2n) is 7.36. The third kappa shape index (κ3) is 14.7. The normalized spacial score (nSPS) is 11.1. The molecule has 0 fully saturated rings. The third-order valence-corrected chi connectivity index (χ3v) is 5.32. The van der Waals surface area contributed by atoms with Crippen molar-refractivity contribution in [2.45, 2.75) is 64.2 Å². The molecule has 0 heterocycles. The SMILES string of the molecule is C#C.C=NCC(NC)SCCCCCC.CC(C)(C)c1ccc(O)c(NC=O)c1. The molecule has 0 saturated heterocycles. The summed E-state index contributed by atoms with van der Waals surface area (Å²) in [7, 11) is 1.98. The number of nitrogens with one attached hydrogen (secondary N) is 2. The first-order chi connectivity index (χ1) is 13.8. The van der Waals surface area contributed by atoms with E-state index in [9.17, 15) is 9.90 Å². The van der Waals surface area contributed by atoms with Crippen LogP contribution in [0.5, 0.6) is 5.75 Å². The van der Waals surface area contributed by atoms with E-state index in [0.29, 0.717) is 17.5 Å². The molecule has 5 nitrogen and oxygen atoms in total. The number of carbonyl (C=O) groups excluding carboxylic acids is 1. The molecule has 0 aliphatic rings. The highest BCUT2D eigenvalue weighted by molar-refractivity contribution is 7.99. The summed E-state index contributed by atoms with van der Waals surface area (Å²) in [5.74, 6) is 1.33. The van der Waals surface area contributed by atoms with Crippen LogP contribution in [0.4, 0.5) is 5.69 Å². The van der Waals surface area contributed by atoms with Gasteiger partial charge in [0.15, 0.2) is 0 Å². The Bertz CT molecular complexity index is 583. The van der Waals surface area contributed by atoms with Crippen molar-refractivity contribution >= 4 is 30.6 Å². The second kappa shape index (κ2) is 18.1. The number of hydrogen-bond donors (Lipinski definition) is 3. The number of carbonyl (C=O) groups is 1. The minimum absolute atomic E-state index is 0.00696. The van der Waals surface area contributed by atoms with Crippen LogP contribution in [0.2, 0.25) is 0 Å². The number of phenolic OH excluding ortho intramolecular Hbond substituents is 1. The summed E-state index contributed by atoms with van der Waals surface area (Å²) in [4.78, 5) is 14.2. The number of phenols is 1. The Labute approximate surface area is 182 Å². The van der Waals surface area contributed by atoms with Gasteiger partial charge in [0, 0.05) is 0 Å². The van der Waals surface area contributed by atoms with E-state index in [1.165, 1.54) is 31.4 Å². The molecular formula is C23H39N3O2S. The van der Waals surface area contributed by atoms with Crippen LogP contribution in [0, 0.1) is 12.8 Å². The number of anilines is 1. The molecule has 29 heavy (non-hydrogen) atoms. The quantitative estimate of drug-likeness (QED) is 0.117. The summed E-state index contributed by atoms with van der Waals surface area (Å²) in [6, 6.07) is 5.22. The molecule has 0 aliphatic carbocycles. The maximum atomic E-state index is 10.3. The van der Waals surface area contributed by atoms with Crippen LogP contribution in [0.15, 0.2) is 23.2 Å². The number of amides is 1. The van der Waals surface area contributed by atoms with Crippen LogP contribution in [-0.2, 0) is 10.2 Å². The summed E-state index contributed by atoms with van der Waals surface area (Å²) in [6.45, 7) is 12.8. The van der Waals surface area contributed by atoms with Crippen LogP contribution < -0.4 is 10.6 Å². The number of nitrogens with zero attached hydrogens (tertiary/aromatic N) is 1. The number of unbranched alkanes of at least 4 members (excludes halogenated alkanes) is 3. The minimum atomic E-state index is 0.00696. The molecule has 1 atom stereocenters. The number of rotatable bonds is 11. The molecule has 0 spiro atoms. The molecule has 0 bridgehead atoms. The largest absolute Gasteiger partial charge is 0.506 e. The van der Waals surface area contributed by atoms with Gasteiger partial charge < -0.3 is 15.7 Å². The van der Waals surface area contributed by atoms with Gasteiger partial charge in [-0.25, -0.2) is 0 Å². The zero-order valence-electron chi connectivity index (χ0n) is 18.7. The maximum absolute atomic E-state index is 10.3. The van der Waals surface area contributed by atoms with Gasteiger partial charge in [-0.2, -0.15) is 0 Å². The van der Waals surface area contributed by atoms with E-state index >= 15 is 0 Å². The Hall–Kier alpha value is -1.97. The highest BCUT2D eigenvalue weighted by Gasteiger charge is 2.15. The molecule has 1 aromatic carbocycles. The smallest absolute Gasteiger partial charge is 0.211 e. The van der Waals surface area contributed by atoms with Gasteiger partial charge in [-0.1, -0.05) is 53.0 Å². The van der Waals surface area contributed by atoms with Crippen LogP contribution >= 0.6 is 11.8 Å². The summed E-state index contributed by atoms with van der Waals surface area (Å²) in [6.07, 6.45) is 13.9. The predicted octanol–water partition coefficient (Wildman–Crippen LogP) is 5.05. The third-order valence-electron chi connectivity index (χ3n) is 4.01. The standard InChI is InChI=1S/C11H15NO2.C10H22N2S.C2H2/c1-11(2,3)8-4-5-10(14)9(6-8)12-7-13;1-4-5-6-7-8-13-10(12-3)9-11-2;1-2/h4-7,14H,1-3H3,(H,12,13);10,12H,2,4-9H2,1,3H3;1-2H. The van der Waals surface area contributed by atoms with Gasteiger partial charge in [-0.15, -0.1) is 24.6 Å². The van der Waals surface area contributed by atoms with Crippen LogP contribution in [0.1, 0.15) is 58.9 Å². The molecule has 3 N–H and O–H groups in total. The lowest BCUT2D eigenvalue weighted by molar-refractivity contribution is -0.105. The first kappa shape index (κ1) is 29.2. The summed E-state index contributed by atoms with van der Waals surface area (Å²) < 4.78 is 0. The van der Waals surface area contributed by atoms with E-state index in [1.807, 2.05) is 24.9 Å². The Morgan fingerprint density at radius 1 is 1.28 bits per heavy atom. The number of aliphatic imine (C=N–C) groups is 1. The molecule has 0 aromatic heterocycles. The lowest BCUT2D eigenvalue weighted by Gasteiger charge is -2.20. The van der Waals surface area contributed by atoms with E-state index in [2.05, 4.69) is 62.9 Å². The van der Waals surface area contributed by atoms with Crippen LogP contribution in [0.25, 0.3) is 0 Å². The number of aromatic hydroxyl groups is 1. The van der Waals surface area contributed by atoms with Gasteiger partial charge in [-0.05, 0) is 49.1 Å². The Balaban J connectivity index is 0. The molecule has 1 amide bonds. The van der Waals surface area contributed by atoms with Gasteiger partial charge in [0.2, 0.25) is 6.41 Å². The zero-order chi connectivity index (χ0) is 22.7. The molecule has 6 heteroatoms. The first-order valence-corrected chi connectivity index (χ1v) is 10.9. The molecule has 164 valence electrons. The number of likely N-dealkylation sites (N-methyl/N-ethyl adjacent to an activating group) is 1. The Kier molecular flexibility index (Phi) is 18.2. The molecule has 0 saturated carbocycles. The van der Waals surface area contributed by atoms with Crippen molar-refractivity contribution < 1.29 is 9.90 Å². The van der Waals surface area contributed by atoms with E-state index < -0.39 is 0 Å². The van der Waals surface area contributed by atoms with E-state index in [-0.39, 0.29) is 11.2 Å². The highest BCUT2D eigenvalue weighted by atomic mass is 32.2. The fourth-order valence-corrected chi connectivity index (χ4v) is 3.31. The number of benzene rings is 1. The van der Waals surface area contributed by atoms with Crippen molar-refractivity contribution in [2.24, 2.45) is 4.99 Å². The van der Waals surface area contributed by atoms with Crippen molar-refractivity contribution in [3.8, 4) is 18.6 Å². The first-order valence-electron chi connectivity index (χ1n) is 9.88.